The van der Waals surface area contributed by atoms with Crippen molar-refractivity contribution in [3.05, 3.63) is 11.8 Å². The molecule has 0 aliphatic heterocycles. The standard InChI is InChI=1S/C11H19N3O2/c1-7(10(15)16-5)14-9(12)6-8(13-14)11(2,3)4/h6-7H,12H2,1-5H3. The summed E-state index contributed by atoms with van der Waals surface area (Å²) in [5.41, 5.74) is 6.60. The van der Waals surface area contributed by atoms with Crippen molar-refractivity contribution in [2.75, 3.05) is 12.8 Å². The number of nitrogens with two attached hydrogens (primary N) is 1. The predicted molar refractivity (Wildman–Crippen MR) is 62.1 cm³/mol. The molecule has 0 bridgehead atoms. The maximum atomic E-state index is 11.4. The van der Waals surface area contributed by atoms with Crippen LogP contribution in [0.5, 0.6) is 0 Å². The lowest BCUT2D eigenvalue weighted by molar-refractivity contribution is -0.144. The quantitative estimate of drug-likeness (QED) is 0.774. The van der Waals surface area contributed by atoms with E-state index < -0.39 is 6.04 Å². The van der Waals surface area contributed by atoms with Crippen molar-refractivity contribution in [3.8, 4) is 0 Å². The predicted octanol–water partition coefficient (Wildman–Crippen LogP) is 1.50. The highest BCUT2D eigenvalue weighted by molar-refractivity contribution is 5.74. The van der Waals surface area contributed by atoms with Gasteiger partial charge < -0.3 is 10.5 Å². The van der Waals surface area contributed by atoms with Gasteiger partial charge in [-0.2, -0.15) is 5.10 Å². The van der Waals surface area contributed by atoms with Crippen molar-refractivity contribution in [2.24, 2.45) is 0 Å². The molecule has 1 rings (SSSR count). The zero-order valence-electron chi connectivity index (χ0n) is 10.4. The van der Waals surface area contributed by atoms with Crippen LogP contribution >= 0.6 is 0 Å². The Balaban J connectivity index is 3.07. The molecule has 1 aromatic rings. The molecule has 0 spiro atoms. The lowest BCUT2D eigenvalue weighted by Gasteiger charge is -2.15. The summed E-state index contributed by atoms with van der Waals surface area (Å²) in [7, 11) is 1.35. The van der Waals surface area contributed by atoms with Crippen LogP contribution in [0.1, 0.15) is 39.4 Å². The van der Waals surface area contributed by atoms with E-state index in [9.17, 15) is 4.79 Å². The van der Waals surface area contributed by atoms with Crippen LogP contribution in [0.4, 0.5) is 5.82 Å². The Morgan fingerprint density at radius 3 is 2.50 bits per heavy atom. The third-order valence-corrected chi connectivity index (χ3v) is 2.44. The Hall–Kier alpha value is -1.52. The van der Waals surface area contributed by atoms with Gasteiger partial charge in [-0.3, -0.25) is 0 Å². The highest BCUT2D eigenvalue weighted by Gasteiger charge is 2.23. The van der Waals surface area contributed by atoms with Gasteiger partial charge in [0.25, 0.3) is 0 Å². The van der Waals surface area contributed by atoms with Crippen LogP contribution in [0.3, 0.4) is 0 Å². The molecular formula is C11H19N3O2. The summed E-state index contributed by atoms with van der Waals surface area (Å²) in [5, 5.41) is 4.34. The third kappa shape index (κ3) is 2.35. The molecule has 0 amide bonds. The molecule has 90 valence electrons. The van der Waals surface area contributed by atoms with Crippen LogP contribution in [0.2, 0.25) is 0 Å². The summed E-state index contributed by atoms with van der Waals surface area (Å²) in [6, 6.07) is 1.29. The molecule has 1 aromatic heterocycles. The van der Waals surface area contributed by atoms with Gasteiger partial charge in [-0.05, 0) is 6.92 Å². The molecule has 0 saturated carbocycles. The van der Waals surface area contributed by atoms with Crippen molar-refractivity contribution in [2.45, 2.75) is 39.2 Å². The van der Waals surface area contributed by atoms with Crippen molar-refractivity contribution >= 4 is 11.8 Å². The van der Waals surface area contributed by atoms with Crippen LogP contribution in [0, 0.1) is 0 Å². The number of methoxy groups -OCH3 is 1. The number of esters is 1. The molecule has 0 aliphatic rings. The largest absolute Gasteiger partial charge is 0.467 e. The van der Waals surface area contributed by atoms with E-state index in [0.29, 0.717) is 5.82 Å². The van der Waals surface area contributed by atoms with E-state index in [1.54, 1.807) is 13.0 Å². The van der Waals surface area contributed by atoms with Gasteiger partial charge in [0.05, 0.1) is 12.8 Å². The van der Waals surface area contributed by atoms with Gasteiger partial charge in [0.1, 0.15) is 11.9 Å². The number of carbonyl (C=O) groups excluding carboxylic acids is 1. The molecule has 1 unspecified atom stereocenters. The molecule has 16 heavy (non-hydrogen) atoms. The van der Waals surface area contributed by atoms with Gasteiger partial charge in [-0.25, -0.2) is 9.48 Å². The van der Waals surface area contributed by atoms with Crippen LogP contribution in [0.25, 0.3) is 0 Å². The fourth-order valence-electron chi connectivity index (χ4n) is 1.36. The first-order valence-electron chi connectivity index (χ1n) is 5.20. The minimum absolute atomic E-state index is 0.0881. The molecule has 5 heteroatoms. The molecule has 0 aliphatic carbocycles. The summed E-state index contributed by atoms with van der Waals surface area (Å²) in [6.45, 7) is 7.84. The van der Waals surface area contributed by atoms with Crippen LogP contribution in [-0.2, 0) is 14.9 Å². The average Bonchev–Trinajstić information content (AvgIpc) is 2.57. The van der Waals surface area contributed by atoms with Gasteiger partial charge in [0, 0.05) is 11.5 Å². The van der Waals surface area contributed by atoms with E-state index >= 15 is 0 Å². The topological polar surface area (TPSA) is 70.1 Å². The van der Waals surface area contributed by atoms with Gasteiger partial charge in [0.15, 0.2) is 0 Å². The van der Waals surface area contributed by atoms with Crippen LogP contribution in [0.15, 0.2) is 6.07 Å². The molecule has 0 saturated heterocycles. The number of carbonyl (C=O) groups is 1. The summed E-state index contributed by atoms with van der Waals surface area (Å²) in [5.74, 6) is 0.123. The number of nitrogens with zero attached hydrogens (tertiary/aromatic N) is 2. The van der Waals surface area contributed by atoms with Crippen LogP contribution in [-0.4, -0.2) is 22.9 Å². The lowest BCUT2D eigenvalue weighted by Crippen LogP contribution is -2.21. The molecule has 1 atom stereocenters. The zero-order chi connectivity index (χ0) is 12.5. The fourth-order valence-corrected chi connectivity index (χ4v) is 1.36. The number of hydrogen-bond acceptors (Lipinski definition) is 4. The van der Waals surface area contributed by atoms with Gasteiger partial charge in [-0.1, -0.05) is 20.8 Å². The van der Waals surface area contributed by atoms with Crippen molar-refractivity contribution in [3.63, 3.8) is 0 Å². The number of nitrogen functional groups attached to an aromatic ring is 1. The first kappa shape index (κ1) is 12.5. The molecule has 2 N–H and O–H groups in total. The number of ether oxygens (including phenoxy) is 1. The number of rotatable bonds is 2. The smallest absolute Gasteiger partial charge is 0.330 e. The number of aromatic nitrogens is 2. The second-order valence-electron chi connectivity index (χ2n) is 4.85. The Kier molecular flexibility index (Phi) is 3.26. The van der Waals surface area contributed by atoms with Crippen molar-refractivity contribution < 1.29 is 9.53 Å². The second kappa shape index (κ2) is 4.15. The second-order valence-corrected chi connectivity index (χ2v) is 4.85. The van der Waals surface area contributed by atoms with E-state index in [1.165, 1.54) is 11.8 Å². The molecular weight excluding hydrogens is 206 g/mol. The van der Waals surface area contributed by atoms with E-state index in [1.807, 2.05) is 20.8 Å². The Morgan fingerprint density at radius 1 is 1.56 bits per heavy atom. The number of hydrogen-bond donors (Lipinski definition) is 1. The fraction of sp³-hybridized carbons (Fsp3) is 0.636. The Labute approximate surface area is 95.6 Å². The van der Waals surface area contributed by atoms with Gasteiger partial charge in [0.2, 0.25) is 0 Å². The van der Waals surface area contributed by atoms with Gasteiger partial charge in [-0.15, -0.1) is 0 Å². The SMILES string of the molecule is COC(=O)C(C)n1nc(C(C)(C)C)cc1N. The third-order valence-electron chi connectivity index (χ3n) is 2.44. The summed E-state index contributed by atoms with van der Waals surface area (Å²) in [4.78, 5) is 11.4. The molecule has 0 fully saturated rings. The Bertz CT molecular complexity index is 390. The summed E-state index contributed by atoms with van der Waals surface area (Å²) < 4.78 is 6.15. The van der Waals surface area contributed by atoms with E-state index in [0.717, 1.165) is 5.69 Å². The maximum Gasteiger partial charge on any atom is 0.330 e. The first-order valence-corrected chi connectivity index (χ1v) is 5.20. The summed E-state index contributed by atoms with van der Waals surface area (Å²) in [6.07, 6.45) is 0. The highest BCUT2D eigenvalue weighted by Crippen LogP contribution is 2.24. The molecule has 1 heterocycles. The van der Waals surface area contributed by atoms with Crippen molar-refractivity contribution in [1.29, 1.82) is 0 Å². The molecule has 5 nitrogen and oxygen atoms in total. The molecule has 0 aromatic carbocycles. The van der Waals surface area contributed by atoms with E-state index in [4.69, 9.17) is 5.73 Å². The van der Waals surface area contributed by atoms with E-state index in [-0.39, 0.29) is 11.4 Å². The normalized spacial score (nSPS) is 13.6. The maximum absolute atomic E-state index is 11.4. The minimum Gasteiger partial charge on any atom is -0.467 e. The zero-order valence-corrected chi connectivity index (χ0v) is 10.4. The summed E-state index contributed by atoms with van der Waals surface area (Å²) >= 11 is 0. The average molecular weight is 225 g/mol. The first-order chi connectivity index (χ1) is 7.27. The van der Waals surface area contributed by atoms with Crippen molar-refractivity contribution in [1.82, 2.24) is 9.78 Å². The minimum atomic E-state index is -0.499. The van der Waals surface area contributed by atoms with Gasteiger partial charge >= 0.3 is 5.97 Å². The van der Waals surface area contributed by atoms with Crippen LogP contribution < -0.4 is 5.73 Å². The lowest BCUT2D eigenvalue weighted by atomic mass is 9.92. The number of anilines is 1. The molecule has 0 radical (unpaired) electrons. The Morgan fingerprint density at radius 2 is 2.12 bits per heavy atom. The van der Waals surface area contributed by atoms with E-state index in [2.05, 4.69) is 9.84 Å². The monoisotopic (exact) mass is 225 g/mol. The highest BCUT2D eigenvalue weighted by atomic mass is 16.5.